The lowest BCUT2D eigenvalue weighted by molar-refractivity contribution is 0.0697. The molecule has 2 amide bonds. The first-order valence-corrected chi connectivity index (χ1v) is 6.70. The Hall–Kier alpha value is -2.08. The molecule has 0 unspecified atom stereocenters. The second-order valence-corrected chi connectivity index (χ2v) is 5.82. The van der Waals surface area contributed by atoms with Crippen LogP contribution in [0.3, 0.4) is 0 Å². The number of nitrogens with one attached hydrogen (secondary N) is 2. The summed E-state index contributed by atoms with van der Waals surface area (Å²) in [6.45, 7) is 6.15. The van der Waals surface area contributed by atoms with E-state index in [0.29, 0.717) is 17.8 Å². The molecule has 0 aliphatic heterocycles. The van der Waals surface area contributed by atoms with Crippen molar-refractivity contribution in [3.8, 4) is 0 Å². The first-order chi connectivity index (χ1) is 9.65. The van der Waals surface area contributed by atoms with Crippen molar-refractivity contribution in [2.45, 2.75) is 26.3 Å². The summed E-state index contributed by atoms with van der Waals surface area (Å²) in [5, 5.41) is 14.6. The van der Waals surface area contributed by atoms with Gasteiger partial charge in [0, 0.05) is 12.1 Å². The van der Waals surface area contributed by atoms with Crippen LogP contribution in [-0.4, -0.2) is 48.2 Å². The highest BCUT2D eigenvalue weighted by atomic mass is 16.4. The van der Waals surface area contributed by atoms with Gasteiger partial charge in [-0.3, -0.25) is 0 Å². The minimum atomic E-state index is -1.06. The summed E-state index contributed by atoms with van der Waals surface area (Å²) in [7, 11) is 3.87. The monoisotopic (exact) mass is 293 g/mol. The zero-order chi connectivity index (χ0) is 16.2. The molecule has 0 fully saturated rings. The minimum Gasteiger partial charge on any atom is -0.478 e. The molecule has 0 aliphatic rings. The van der Waals surface area contributed by atoms with Crippen molar-refractivity contribution in [1.29, 1.82) is 0 Å². The van der Waals surface area contributed by atoms with E-state index in [1.54, 1.807) is 25.1 Å². The van der Waals surface area contributed by atoms with Gasteiger partial charge in [0.1, 0.15) is 0 Å². The third kappa shape index (κ3) is 4.46. The number of carboxylic acids is 1. The van der Waals surface area contributed by atoms with Crippen LogP contribution in [0.4, 0.5) is 10.5 Å². The summed E-state index contributed by atoms with van der Waals surface area (Å²) in [5.74, 6) is -1.06. The van der Waals surface area contributed by atoms with Gasteiger partial charge in [-0.2, -0.15) is 0 Å². The van der Waals surface area contributed by atoms with Crippen LogP contribution in [0.2, 0.25) is 0 Å². The predicted octanol–water partition coefficient (Wildman–Crippen LogP) is 2.15. The zero-order valence-corrected chi connectivity index (χ0v) is 13.2. The van der Waals surface area contributed by atoms with E-state index in [4.69, 9.17) is 0 Å². The van der Waals surface area contributed by atoms with Gasteiger partial charge in [-0.05, 0) is 46.5 Å². The lowest BCUT2D eigenvalue weighted by Gasteiger charge is -2.32. The van der Waals surface area contributed by atoms with Gasteiger partial charge in [0.25, 0.3) is 0 Å². The molecule has 0 saturated heterocycles. The predicted molar refractivity (Wildman–Crippen MR) is 82.9 cm³/mol. The van der Waals surface area contributed by atoms with E-state index in [1.165, 1.54) is 0 Å². The van der Waals surface area contributed by atoms with E-state index in [9.17, 15) is 14.7 Å². The van der Waals surface area contributed by atoms with Crippen molar-refractivity contribution < 1.29 is 14.7 Å². The zero-order valence-electron chi connectivity index (χ0n) is 13.2. The van der Waals surface area contributed by atoms with Gasteiger partial charge in [0.15, 0.2) is 0 Å². The molecule has 1 rings (SSSR count). The van der Waals surface area contributed by atoms with Crippen LogP contribution in [0.25, 0.3) is 0 Å². The SMILES string of the molecule is Cc1cccc(NC(=O)NCC(C)(C)N(C)C)c1C(=O)O. The Morgan fingerprint density at radius 2 is 1.90 bits per heavy atom. The molecule has 21 heavy (non-hydrogen) atoms. The molecule has 6 nitrogen and oxygen atoms in total. The van der Waals surface area contributed by atoms with Crippen LogP contribution in [0.5, 0.6) is 0 Å². The average molecular weight is 293 g/mol. The quantitative estimate of drug-likeness (QED) is 0.777. The van der Waals surface area contributed by atoms with Gasteiger partial charge in [0.2, 0.25) is 0 Å². The summed E-state index contributed by atoms with van der Waals surface area (Å²) in [6.07, 6.45) is 0. The van der Waals surface area contributed by atoms with Crippen molar-refractivity contribution in [3.63, 3.8) is 0 Å². The maximum atomic E-state index is 11.9. The van der Waals surface area contributed by atoms with Crippen LogP contribution >= 0.6 is 0 Å². The van der Waals surface area contributed by atoms with E-state index >= 15 is 0 Å². The number of anilines is 1. The van der Waals surface area contributed by atoms with E-state index < -0.39 is 12.0 Å². The molecule has 6 heteroatoms. The molecule has 0 bridgehead atoms. The Balaban J connectivity index is 2.77. The smallest absolute Gasteiger partial charge is 0.338 e. The number of amides is 2. The van der Waals surface area contributed by atoms with Crippen molar-refractivity contribution in [2.24, 2.45) is 0 Å². The fourth-order valence-electron chi connectivity index (χ4n) is 1.68. The Bertz CT molecular complexity index is 539. The molecule has 3 N–H and O–H groups in total. The van der Waals surface area contributed by atoms with Gasteiger partial charge >= 0.3 is 12.0 Å². The molecule has 0 aliphatic carbocycles. The van der Waals surface area contributed by atoms with E-state index in [-0.39, 0.29) is 11.1 Å². The summed E-state index contributed by atoms with van der Waals surface area (Å²) >= 11 is 0. The molecule has 1 aromatic rings. The van der Waals surface area contributed by atoms with Crippen molar-refractivity contribution in [2.75, 3.05) is 26.0 Å². The summed E-state index contributed by atoms with van der Waals surface area (Å²) in [4.78, 5) is 25.2. The minimum absolute atomic E-state index is 0.111. The number of likely N-dealkylation sites (N-methyl/N-ethyl adjacent to an activating group) is 1. The molecule has 1 aromatic carbocycles. The topological polar surface area (TPSA) is 81.7 Å². The van der Waals surface area contributed by atoms with Crippen LogP contribution < -0.4 is 10.6 Å². The number of carbonyl (C=O) groups excluding carboxylic acids is 1. The first kappa shape index (κ1) is 17.0. The molecule has 0 heterocycles. The van der Waals surface area contributed by atoms with Crippen LogP contribution in [0.15, 0.2) is 18.2 Å². The number of carboxylic acid groups (broad SMARTS) is 1. The summed E-state index contributed by atoms with van der Waals surface area (Å²) in [5.41, 5.74) is 0.815. The van der Waals surface area contributed by atoms with Gasteiger partial charge < -0.3 is 20.6 Å². The molecule has 0 radical (unpaired) electrons. The Labute approximate surface area is 125 Å². The second kappa shape index (κ2) is 6.58. The largest absolute Gasteiger partial charge is 0.478 e. The third-order valence-electron chi connectivity index (χ3n) is 3.63. The van der Waals surface area contributed by atoms with Gasteiger partial charge in [-0.25, -0.2) is 9.59 Å². The highest BCUT2D eigenvalue weighted by Gasteiger charge is 2.21. The molecule has 0 saturated carbocycles. The number of hydrogen-bond donors (Lipinski definition) is 3. The average Bonchev–Trinajstić information content (AvgIpc) is 2.36. The van der Waals surface area contributed by atoms with Gasteiger partial charge in [0.05, 0.1) is 11.3 Å². The third-order valence-corrected chi connectivity index (χ3v) is 3.63. The van der Waals surface area contributed by atoms with E-state index in [2.05, 4.69) is 10.6 Å². The number of aromatic carboxylic acids is 1. The fraction of sp³-hybridized carbons (Fsp3) is 0.467. The lowest BCUT2D eigenvalue weighted by Crippen LogP contribution is -2.49. The molecule has 0 atom stereocenters. The molecular weight excluding hydrogens is 270 g/mol. The molecule has 0 aromatic heterocycles. The number of rotatable bonds is 5. The van der Waals surface area contributed by atoms with Crippen molar-refractivity contribution in [3.05, 3.63) is 29.3 Å². The molecular formula is C15H23N3O3. The highest BCUT2D eigenvalue weighted by Crippen LogP contribution is 2.19. The van der Waals surface area contributed by atoms with Crippen LogP contribution in [0, 0.1) is 6.92 Å². The normalized spacial score (nSPS) is 11.3. The Morgan fingerprint density at radius 1 is 1.29 bits per heavy atom. The number of carbonyl (C=O) groups is 2. The van der Waals surface area contributed by atoms with Crippen molar-refractivity contribution >= 4 is 17.7 Å². The standard InChI is InChI=1S/C15H23N3O3/c1-10-7-6-8-11(12(10)13(19)20)17-14(21)16-9-15(2,3)18(4)5/h6-8H,9H2,1-5H3,(H,19,20)(H2,16,17,21). The molecule has 116 valence electrons. The summed E-state index contributed by atoms with van der Waals surface area (Å²) < 4.78 is 0. The van der Waals surface area contributed by atoms with Crippen LogP contribution in [-0.2, 0) is 0 Å². The van der Waals surface area contributed by atoms with Crippen molar-refractivity contribution in [1.82, 2.24) is 10.2 Å². The van der Waals surface area contributed by atoms with Crippen LogP contribution in [0.1, 0.15) is 29.8 Å². The van der Waals surface area contributed by atoms with Gasteiger partial charge in [-0.1, -0.05) is 12.1 Å². The van der Waals surface area contributed by atoms with Gasteiger partial charge in [-0.15, -0.1) is 0 Å². The number of aryl methyl sites for hydroxylation is 1. The molecule has 0 spiro atoms. The number of benzene rings is 1. The van der Waals surface area contributed by atoms with E-state index in [0.717, 1.165) is 0 Å². The maximum Gasteiger partial charge on any atom is 0.338 e. The first-order valence-electron chi connectivity index (χ1n) is 6.70. The second-order valence-electron chi connectivity index (χ2n) is 5.82. The van der Waals surface area contributed by atoms with E-state index in [1.807, 2.05) is 32.8 Å². The number of urea groups is 1. The highest BCUT2D eigenvalue weighted by molar-refractivity contribution is 6.01. The Morgan fingerprint density at radius 3 is 2.43 bits per heavy atom. The Kier molecular flexibility index (Phi) is 5.32. The number of hydrogen-bond acceptors (Lipinski definition) is 3. The lowest BCUT2D eigenvalue weighted by atomic mass is 10.0. The fourth-order valence-corrected chi connectivity index (χ4v) is 1.68. The summed E-state index contributed by atoms with van der Waals surface area (Å²) in [6, 6.07) is 4.56. The maximum absolute atomic E-state index is 11.9. The number of nitrogens with zero attached hydrogens (tertiary/aromatic N) is 1.